The second-order valence-corrected chi connectivity index (χ2v) is 4.82. The van der Waals surface area contributed by atoms with Gasteiger partial charge >= 0.3 is 0 Å². The predicted octanol–water partition coefficient (Wildman–Crippen LogP) is 5.52. The van der Waals surface area contributed by atoms with Crippen LogP contribution in [0.2, 0.25) is 0 Å². The summed E-state index contributed by atoms with van der Waals surface area (Å²) in [6, 6.07) is 29.0. The van der Waals surface area contributed by atoms with Gasteiger partial charge in [-0.3, -0.25) is 0 Å². The van der Waals surface area contributed by atoms with Gasteiger partial charge < -0.3 is 4.98 Å². The minimum absolute atomic E-state index is 1.28. The fourth-order valence-corrected chi connectivity index (χ4v) is 2.26. The monoisotopic (exact) mass is 271 g/mol. The Balaban J connectivity index is 0.000000131. The second-order valence-electron chi connectivity index (χ2n) is 4.82. The third kappa shape index (κ3) is 3.40. The molecule has 1 nitrogen and oxygen atoms in total. The largest absolute Gasteiger partial charge is 0.366 e. The predicted molar refractivity (Wildman–Crippen MR) is 90.2 cm³/mol. The van der Waals surface area contributed by atoms with Crippen LogP contribution in [-0.2, 0) is 0 Å². The summed E-state index contributed by atoms with van der Waals surface area (Å²) in [7, 11) is 0. The molecule has 1 heterocycles. The van der Waals surface area contributed by atoms with Crippen LogP contribution in [0.15, 0.2) is 97.3 Å². The number of hydrogen-bond acceptors (Lipinski definition) is 0. The highest BCUT2D eigenvalue weighted by molar-refractivity contribution is 5.81. The van der Waals surface area contributed by atoms with E-state index in [1.807, 2.05) is 36.7 Å². The van der Waals surface area contributed by atoms with Gasteiger partial charge in [0.05, 0.1) is 0 Å². The van der Waals surface area contributed by atoms with Gasteiger partial charge in [-0.15, -0.1) is 0 Å². The fourth-order valence-electron chi connectivity index (χ4n) is 2.26. The van der Waals surface area contributed by atoms with Crippen molar-refractivity contribution in [3.05, 3.63) is 97.3 Å². The Labute approximate surface area is 124 Å². The van der Waals surface area contributed by atoms with E-state index in [0.29, 0.717) is 0 Å². The SMILES string of the molecule is c1ccc(-c2ccccc2)cc1.c1ccc2c[nH]cc2c1. The maximum absolute atomic E-state index is 3.04. The molecule has 0 saturated heterocycles. The average molecular weight is 271 g/mol. The smallest absolute Gasteiger partial charge is 0.00843 e. The van der Waals surface area contributed by atoms with E-state index in [0.717, 1.165) is 0 Å². The maximum Gasteiger partial charge on any atom is 0.00843 e. The minimum Gasteiger partial charge on any atom is -0.366 e. The van der Waals surface area contributed by atoms with Crippen molar-refractivity contribution in [2.45, 2.75) is 0 Å². The Morgan fingerprint density at radius 1 is 0.429 bits per heavy atom. The van der Waals surface area contributed by atoms with Crippen LogP contribution in [0.25, 0.3) is 21.9 Å². The Bertz CT molecular complexity index is 718. The molecule has 0 spiro atoms. The van der Waals surface area contributed by atoms with Crippen molar-refractivity contribution in [2.24, 2.45) is 0 Å². The quantitative estimate of drug-likeness (QED) is 0.469. The third-order valence-corrected chi connectivity index (χ3v) is 3.35. The molecule has 21 heavy (non-hydrogen) atoms. The highest BCUT2D eigenvalue weighted by Crippen LogP contribution is 2.17. The molecular weight excluding hydrogens is 254 g/mol. The first-order valence-electron chi connectivity index (χ1n) is 7.05. The number of aromatic amines is 1. The molecule has 1 N–H and O–H groups in total. The van der Waals surface area contributed by atoms with Crippen LogP contribution in [0, 0.1) is 0 Å². The molecule has 0 bridgehead atoms. The van der Waals surface area contributed by atoms with Crippen molar-refractivity contribution >= 4 is 10.8 Å². The lowest BCUT2D eigenvalue weighted by Crippen LogP contribution is -1.73. The lowest BCUT2D eigenvalue weighted by atomic mass is 10.1. The summed E-state index contributed by atoms with van der Waals surface area (Å²) in [6.45, 7) is 0. The summed E-state index contributed by atoms with van der Waals surface area (Å²) in [6.07, 6.45) is 3.99. The summed E-state index contributed by atoms with van der Waals surface area (Å²) in [5.41, 5.74) is 2.55. The molecule has 0 fully saturated rings. The average Bonchev–Trinajstić information content (AvgIpc) is 3.06. The van der Waals surface area contributed by atoms with Crippen molar-refractivity contribution in [1.29, 1.82) is 0 Å². The molecule has 0 aliphatic carbocycles. The Morgan fingerprint density at radius 2 is 0.810 bits per heavy atom. The molecule has 1 heteroatoms. The number of fused-ring (bicyclic) bond motifs is 1. The van der Waals surface area contributed by atoms with Crippen LogP contribution in [0.4, 0.5) is 0 Å². The molecule has 0 radical (unpaired) electrons. The lowest BCUT2D eigenvalue weighted by Gasteiger charge is -1.98. The molecule has 4 aromatic rings. The van der Waals surface area contributed by atoms with Crippen molar-refractivity contribution in [3.8, 4) is 11.1 Å². The van der Waals surface area contributed by atoms with E-state index in [1.54, 1.807) is 0 Å². The molecule has 0 aliphatic rings. The van der Waals surface area contributed by atoms with Crippen LogP contribution in [0.5, 0.6) is 0 Å². The van der Waals surface area contributed by atoms with Gasteiger partial charge in [-0.1, -0.05) is 84.9 Å². The molecule has 0 atom stereocenters. The Hall–Kier alpha value is -2.80. The zero-order chi connectivity index (χ0) is 14.3. The second kappa shape index (κ2) is 6.58. The van der Waals surface area contributed by atoms with Gasteiger partial charge in [-0.25, -0.2) is 0 Å². The van der Waals surface area contributed by atoms with Gasteiger partial charge in [0.1, 0.15) is 0 Å². The van der Waals surface area contributed by atoms with Crippen molar-refractivity contribution < 1.29 is 0 Å². The molecule has 0 saturated carbocycles. The number of nitrogens with one attached hydrogen (secondary N) is 1. The Morgan fingerprint density at radius 3 is 1.24 bits per heavy atom. The van der Waals surface area contributed by atoms with Gasteiger partial charge in [0.2, 0.25) is 0 Å². The van der Waals surface area contributed by atoms with Crippen LogP contribution in [0.3, 0.4) is 0 Å². The normalized spacial score (nSPS) is 9.90. The standard InChI is InChI=1S/C12H10.C8H7N/c1-3-7-11(8-4-1)12-9-5-2-6-10-12;1-2-4-8-6-9-5-7(8)3-1/h1-10H;1-6,9H. The van der Waals surface area contributed by atoms with E-state index in [1.165, 1.54) is 21.9 Å². The third-order valence-electron chi connectivity index (χ3n) is 3.35. The highest BCUT2D eigenvalue weighted by atomic mass is 14.6. The fraction of sp³-hybridized carbons (Fsp3) is 0. The van der Waals surface area contributed by atoms with Crippen molar-refractivity contribution in [2.75, 3.05) is 0 Å². The van der Waals surface area contributed by atoms with Gasteiger partial charge in [0.15, 0.2) is 0 Å². The Kier molecular flexibility index (Phi) is 4.13. The van der Waals surface area contributed by atoms with Gasteiger partial charge in [0.25, 0.3) is 0 Å². The van der Waals surface area contributed by atoms with Crippen LogP contribution in [-0.4, -0.2) is 4.98 Å². The summed E-state index contributed by atoms with van der Waals surface area (Å²) in [5, 5.41) is 2.55. The van der Waals surface area contributed by atoms with E-state index < -0.39 is 0 Å². The van der Waals surface area contributed by atoms with Crippen LogP contribution < -0.4 is 0 Å². The molecule has 102 valence electrons. The highest BCUT2D eigenvalue weighted by Gasteiger charge is 1.91. The number of aromatic nitrogens is 1. The molecule has 1 aromatic heterocycles. The number of hydrogen-bond donors (Lipinski definition) is 1. The number of benzene rings is 3. The van der Waals surface area contributed by atoms with E-state index in [2.05, 4.69) is 65.6 Å². The number of H-pyrrole nitrogens is 1. The van der Waals surface area contributed by atoms with E-state index in [9.17, 15) is 0 Å². The number of rotatable bonds is 1. The maximum atomic E-state index is 3.04. The van der Waals surface area contributed by atoms with Crippen molar-refractivity contribution in [3.63, 3.8) is 0 Å². The summed E-state index contributed by atoms with van der Waals surface area (Å²) in [4.78, 5) is 3.04. The minimum atomic E-state index is 1.28. The topological polar surface area (TPSA) is 15.8 Å². The zero-order valence-electron chi connectivity index (χ0n) is 11.7. The molecule has 0 aliphatic heterocycles. The van der Waals surface area contributed by atoms with Gasteiger partial charge in [-0.05, 0) is 21.9 Å². The first-order valence-corrected chi connectivity index (χ1v) is 7.05. The summed E-state index contributed by atoms with van der Waals surface area (Å²) < 4.78 is 0. The zero-order valence-corrected chi connectivity index (χ0v) is 11.7. The lowest BCUT2D eigenvalue weighted by molar-refractivity contribution is 1.43. The van der Waals surface area contributed by atoms with E-state index in [4.69, 9.17) is 0 Å². The molecule has 4 rings (SSSR count). The summed E-state index contributed by atoms with van der Waals surface area (Å²) in [5.74, 6) is 0. The van der Waals surface area contributed by atoms with E-state index >= 15 is 0 Å². The van der Waals surface area contributed by atoms with Gasteiger partial charge in [0, 0.05) is 12.4 Å². The summed E-state index contributed by atoms with van der Waals surface area (Å²) >= 11 is 0. The van der Waals surface area contributed by atoms with Crippen molar-refractivity contribution in [1.82, 2.24) is 4.98 Å². The van der Waals surface area contributed by atoms with E-state index in [-0.39, 0.29) is 0 Å². The van der Waals surface area contributed by atoms with Crippen LogP contribution in [0.1, 0.15) is 0 Å². The van der Waals surface area contributed by atoms with Crippen LogP contribution >= 0.6 is 0 Å². The first-order chi connectivity index (χ1) is 10.4. The molecule has 0 amide bonds. The molecular formula is C20H17N. The first kappa shape index (κ1) is 13.2. The molecule has 3 aromatic carbocycles. The molecule has 0 unspecified atom stereocenters. The van der Waals surface area contributed by atoms with Gasteiger partial charge in [-0.2, -0.15) is 0 Å².